The summed E-state index contributed by atoms with van der Waals surface area (Å²) < 4.78 is 11.3. The van der Waals surface area contributed by atoms with E-state index in [4.69, 9.17) is 9.47 Å². The Kier molecular flexibility index (Phi) is 5.95. The molecule has 4 heteroatoms. The van der Waals surface area contributed by atoms with Gasteiger partial charge < -0.3 is 14.8 Å². The molecule has 0 aromatic heterocycles. The summed E-state index contributed by atoms with van der Waals surface area (Å²) in [6.45, 7) is 8.89. The molecule has 0 spiro atoms. The molecule has 1 unspecified atom stereocenters. The van der Waals surface area contributed by atoms with Crippen LogP contribution in [0.2, 0.25) is 0 Å². The van der Waals surface area contributed by atoms with Crippen molar-refractivity contribution in [2.24, 2.45) is 0 Å². The Labute approximate surface area is 150 Å². The minimum Gasteiger partial charge on any atom is -0.493 e. The maximum absolute atomic E-state index is 5.68. The standard InChI is InChI=1S/C21H28N2O2/c1-4-25-19-9-8-18(15-20(19)24-3)21(23-12-10-22-11-13-23)17-7-5-6-16(2)14-17/h5-9,14-15,21-22H,4,10-13H2,1-3H3. The predicted molar refractivity (Wildman–Crippen MR) is 102 cm³/mol. The van der Waals surface area contributed by atoms with E-state index < -0.39 is 0 Å². The first-order valence-corrected chi connectivity index (χ1v) is 9.05. The highest BCUT2D eigenvalue weighted by Gasteiger charge is 2.25. The summed E-state index contributed by atoms with van der Waals surface area (Å²) in [6.07, 6.45) is 0. The highest BCUT2D eigenvalue weighted by atomic mass is 16.5. The number of methoxy groups -OCH3 is 1. The Morgan fingerprint density at radius 3 is 2.48 bits per heavy atom. The van der Waals surface area contributed by atoms with E-state index in [0.717, 1.165) is 37.7 Å². The van der Waals surface area contributed by atoms with Gasteiger partial charge in [-0.2, -0.15) is 0 Å². The number of nitrogens with zero attached hydrogens (tertiary/aromatic N) is 1. The van der Waals surface area contributed by atoms with Crippen molar-refractivity contribution in [3.8, 4) is 11.5 Å². The molecule has 1 atom stereocenters. The highest BCUT2D eigenvalue weighted by Crippen LogP contribution is 2.35. The van der Waals surface area contributed by atoms with Gasteiger partial charge >= 0.3 is 0 Å². The largest absolute Gasteiger partial charge is 0.493 e. The molecule has 1 aliphatic rings. The van der Waals surface area contributed by atoms with Crippen molar-refractivity contribution < 1.29 is 9.47 Å². The van der Waals surface area contributed by atoms with E-state index in [-0.39, 0.29) is 6.04 Å². The Bertz CT molecular complexity index is 696. The van der Waals surface area contributed by atoms with Crippen LogP contribution in [0.1, 0.15) is 29.7 Å². The lowest BCUT2D eigenvalue weighted by Crippen LogP contribution is -2.45. The molecule has 25 heavy (non-hydrogen) atoms. The highest BCUT2D eigenvalue weighted by molar-refractivity contribution is 5.46. The summed E-state index contributed by atoms with van der Waals surface area (Å²) in [4.78, 5) is 2.54. The second kappa shape index (κ2) is 8.37. The maximum atomic E-state index is 5.68. The number of aryl methyl sites for hydroxylation is 1. The van der Waals surface area contributed by atoms with E-state index in [0.29, 0.717) is 6.61 Å². The topological polar surface area (TPSA) is 33.7 Å². The van der Waals surface area contributed by atoms with Crippen LogP contribution in [0.15, 0.2) is 42.5 Å². The molecule has 2 aromatic carbocycles. The van der Waals surface area contributed by atoms with Gasteiger partial charge in [-0.05, 0) is 37.1 Å². The van der Waals surface area contributed by atoms with Gasteiger partial charge in [-0.1, -0.05) is 35.9 Å². The lowest BCUT2D eigenvalue weighted by molar-refractivity contribution is 0.198. The summed E-state index contributed by atoms with van der Waals surface area (Å²) in [7, 11) is 1.70. The van der Waals surface area contributed by atoms with E-state index in [2.05, 4.69) is 53.5 Å². The normalized spacial score (nSPS) is 16.4. The fourth-order valence-electron chi connectivity index (χ4n) is 3.52. The van der Waals surface area contributed by atoms with Crippen LogP contribution >= 0.6 is 0 Å². The van der Waals surface area contributed by atoms with Crippen molar-refractivity contribution in [2.75, 3.05) is 39.9 Å². The number of nitrogens with one attached hydrogen (secondary N) is 1. The summed E-state index contributed by atoms with van der Waals surface area (Å²) in [6, 6.07) is 15.4. The molecule has 0 saturated carbocycles. The average molecular weight is 340 g/mol. The van der Waals surface area contributed by atoms with Crippen LogP contribution in [0, 0.1) is 6.92 Å². The molecule has 0 radical (unpaired) electrons. The summed E-state index contributed by atoms with van der Waals surface area (Å²) in [5.41, 5.74) is 3.86. The number of benzene rings is 2. The van der Waals surface area contributed by atoms with E-state index >= 15 is 0 Å². The SMILES string of the molecule is CCOc1ccc(C(c2cccc(C)c2)N2CCNCC2)cc1OC. The fourth-order valence-corrected chi connectivity index (χ4v) is 3.52. The zero-order chi connectivity index (χ0) is 17.6. The molecular weight excluding hydrogens is 312 g/mol. The molecule has 1 fully saturated rings. The zero-order valence-corrected chi connectivity index (χ0v) is 15.4. The number of piperazine rings is 1. The van der Waals surface area contributed by atoms with Gasteiger partial charge in [0.25, 0.3) is 0 Å². The van der Waals surface area contributed by atoms with Crippen LogP contribution in [0.5, 0.6) is 11.5 Å². The molecule has 134 valence electrons. The molecule has 1 N–H and O–H groups in total. The first-order chi connectivity index (χ1) is 12.2. The quantitative estimate of drug-likeness (QED) is 0.874. The van der Waals surface area contributed by atoms with Crippen LogP contribution in [0.4, 0.5) is 0 Å². The van der Waals surface area contributed by atoms with E-state index in [1.54, 1.807) is 7.11 Å². The van der Waals surface area contributed by atoms with Crippen LogP contribution in [-0.2, 0) is 0 Å². The third-order valence-electron chi connectivity index (χ3n) is 4.68. The Morgan fingerprint density at radius 1 is 1.04 bits per heavy atom. The second-order valence-electron chi connectivity index (χ2n) is 6.45. The van der Waals surface area contributed by atoms with Gasteiger partial charge in [0.15, 0.2) is 11.5 Å². The molecular formula is C21H28N2O2. The Morgan fingerprint density at radius 2 is 1.80 bits per heavy atom. The third kappa shape index (κ3) is 4.14. The van der Waals surface area contributed by atoms with Crippen molar-refractivity contribution in [3.05, 3.63) is 59.2 Å². The maximum Gasteiger partial charge on any atom is 0.161 e. The molecule has 1 saturated heterocycles. The minimum atomic E-state index is 0.228. The summed E-state index contributed by atoms with van der Waals surface area (Å²) >= 11 is 0. The number of hydrogen-bond acceptors (Lipinski definition) is 4. The van der Waals surface area contributed by atoms with Gasteiger partial charge in [-0.15, -0.1) is 0 Å². The average Bonchev–Trinajstić information content (AvgIpc) is 2.64. The molecule has 2 aromatic rings. The van der Waals surface area contributed by atoms with Crippen molar-refractivity contribution >= 4 is 0 Å². The van der Waals surface area contributed by atoms with Crippen molar-refractivity contribution in [1.82, 2.24) is 10.2 Å². The predicted octanol–water partition coefficient (Wildman–Crippen LogP) is 3.40. The van der Waals surface area contributed by atoms with Gasteiger partial charge in [0, 0.05) is 26.2 Å². The lowest BCUT2D eigenvalue weighted by atomic mass is 9.95. The Hall–Kier alpha value is -2.04. The van der Waals surface area contributed by atoms with Gasteiger partial charge in [-0.3, -0.25) is 4.90 Å². The smallest absolute Gasteiger partial charge is 0.161 e. The van der Waals surface area contributed by atoms with Crippen LogP contribution < -0.4 is 14.8 Å². The lowest BCUT2D eigenvalue weighted by Gasteiger charge is -2.36. The molecule has 4 nitrogen and oxygen atoms in total. The van der Waals surface area contributed by atoms with Crippen molar-refractivity contribution in [2.45, 2.75) is 19.9 Å². The fraction of sp³-hybridized carbons (Fsp3) is 0.429. The van der Waals surface area contributed by atoms with E-state index in [1.165, 1.54) is 16.7 Å². The van der Waals surface area contributed by atoms with Crippen LogP contribution in [0.3, 0.4) is 0 Å². The van der Waals surface area contributed by atoms with E-state index in [1.807, 2.05) is 13.0 Å². The zero-order valence-electron chi connectivity index (χ0n) is 15.4. The van der Waals surface area contributed by atoms with Crippen LogP contribution in [0.25, 0.3) is 0 Å². The summed E-state index contributed by atoms with van der Waals surface area (Å²) in [5, 5.41) is 3.45. The first kappa shape index (κ1) is 17.8. The molecule has 0 bridgehead atoms. The third-order valence-corrected chi connectivity index (χ3v) is 4.68. The van der Waals surface area contributed by atoms with Gasteiger partial charge in [0.2, 0.25) is 0 Å². The van der Waals surface area contributed by atoms with Gasteiger partial charge in [0.1, 0.15) is 0 Å². The molecule has 0 aliphatic carbocycles. The van der Waals surface area contributed by atoms with Gasteiger partial charge in [-0.25, -0.2) is 0 Å². The van der Waals surface area contributed by atoms with Gasteiger partial charge in [0.05, 0.1) is 19.8 Å². The second-order valence-corrected chi connectivity index (χ2v) is 6.45. The molecule has 0 amide bonds. The number of hydrogen-bond donors (Lipinski definition) is 1. The van der Waals surface area contributed by atoms with Crippen molar-refractivity contribution in [1.29, 1.82) is 0 Å². The summed E-state index contributed by atoms with van der Waals surface area (Å²) in [5.74, 6) is 1.60. The number of ether oxygens (including phenoxy) is 2. The minimum absolute atomic E-state index is 0.228. The molecule has 1 aliphatic heterocycles. The Balaban J connectivity index is 2.01. The number of rotatable bonds is 6. The van der Waals surface area contributed by atoms with E-state index in [9.17, 15) is 0 Å². The van der Waals surface area contributed by atoms with Crippen LogP contribution in [-0.4, -0.2) is 44.8 Å². The molecule has 1 heterocycles. The molecule has 3 rings (SSSR count). The van der Waals surface area contributed by atoms with Crippen molar-refractivity contribution in [3.63, 3.8) is 0 Å². The first-order valence-electron chi connectivity index (χ1n) is 9.05. The monoisotopic (exact) mass is 340 g/mol.